The van der Waals surface area contributed by atoms with Crippen LogP contribution in [-0.4, -0.2) is 18.2 Å². The lowest BCUT2D eigenvalue weighted by Gasteiger charge is -2.10. The summed E-state index contributed by atoms with van der Waals surface area (Å²) in [4.78, 5) is 24.3. The Morgan fingerprint density at radius 2 is 1.57 bits per heavy atom. The second kappa shape index (κ2) is 7.87. The average Bonchev–Trinajstić information content (AvgIpc) is 3.17. The van der Waals surface area contributed by atoms with Gasteiger partial charge in [-0.25, -0.2) is 0 Å². The molecule has 0 spiro atoms. The summed E-state index contributed by atoms with van der Waals surface area (Å²) in [6.07, 6.45) is -3.42. The SMILES string of the molecule is O=C(Nc1ccc(OC(F)(F)F)cc1)c1cccc(NC(=O)c2ccco2)c1. The fourth-order valence-electron chi connectivity index (χ4n) is 2.28. The molecule has 0 aliphatic carbocycles. The monoisotopic (exact) mass is 390 g/mol. The van der Waals surface area contributed by atoms with Crippen molar-refractivity contribution in [3.05, 3.63) is 78.3 Å². The van der Waals surface area contributed by atoms with Gasteiger partial charge in [0.05, 0.1) is 6.26 Å². The van der Waals surface area contributed by atoms with E-state index in [2.05, 4.69) is 15.4 Å². The first-order chi connectivity index (χ1) is 13.3. The molecule has 9 heteroatoms. The van der Waals surface area contributed by atoms with Gasteiger partial charge in [-0.1, -0.05) is 6.07 Å². The predicted octanol–water partition coefficient (Wildman–Crippen LogP) is 4.68. The summed E-state index contributed by atoms with van der Waals surface area (Å²) in [6, 6.07) is 14.0. The zero-order chi connectivity index (χ0) is 20.1. The summed E-state index contributed by atoms with van der Waals surface area (Å²) in [7, 11) is 0. The molecule has 0 aliphatic heterocycles. The molecule has 0 radical (unpaired) electrons. The molecule has 2 N–H and O–H groups in total. The van der Waals surface area contributed by atoms with E-state index in [1.807, 2.05) is 0 Å². The number of ether oxygens (including phenoxy) is 1. The van der Waals surface area contributed by atoms with Crippen LogP contribution in [0.2, 0.25) is 0 Å². The second-order valence-electron chi connectivity index (χ2n) is 5.54. The number of carbonyl (C=O) groups excluding carboxylic acids is 2. The number of amides is 2. The third-order valence-corrected chi connectivity index (χ3v) is 3.47. The normalized spacial score (nSPS) is 11.0. The molecule has 2 aromatic carbocycles. The van der Waals surface area contributed by atoms with Crippen LogP contribution in [0.3, 0.4) is 0 Å². The van der Waals surface area contributed by atoms with Gasteiger partial charge in [0.2, 0.25) is 0 Å². The molecule has 0 aliphatic rings. The minimum absolute atomic E-state index is 0.121. The Kier molecular flexibility index (Phi) is 5.35. The van der Waals surface area contributed by atoms with Gasteiger partial charge in [-0.15, -0.1) is 13.2 Å². The molecule has 0 bridgehead atoms. The van der Waals surface area contributed by atoms with Crippen molar-refractivity contribution in [1.82, 2.24) is 0 Å². The lowest BCUT2D eigenvalue weighted by molar-refractivity contribution is -0.274. The van der Waals surface area contributed by atoms with Gasteiger partial charge < -0.3 is 19.8 Å². The molecule has 28 heavy (non-hydrogen) atoms. The zero-order valence-electron chi connectivity index (χ0n) is 14.1. The van der Waals surface area contributed by atoms with Gasteiger partial charge in [-0.05, 0) is 54.6 Å². The molecule has 3 aromatic rings. The van der Waals surface area contributed by atoms with Crippen LogP contribution in [0.1, 0.15) is 20.9 Å². The van der Waals surface area contributed by atoms with Crippen molar-refractivity contribution in [2.75, 3.05) is 10.6 Å². The van der Waals surface area contributed by atoms with Crippen molar-refractivity contribution in [3.63, 3.8) is 0 Å². The van der Waals surface area contributed by atoms with Crippen molar-refractivity contribution >= 4 is 23.2 Å². The Morgan fingerprint density at radius 3 is 2.21 bits per heavy atom. The highest BCUT2D eigenvalue weighted by Crippen LogP contribution is 2.24. The maximum Gasteiger partial charge on any atom is 0.573 e. The van der Waals surface area contributed by atoms with Crippen LogP contribution in [0, 0.1) is 0 Å². The molecule has 0 saturated carbocycles. The standard InChI is InChI=1S/C19H13F3N2O4/c20-19(21,22)28-15-8-6-13(7-9-15)23-17(25)12-3-1-4-14(11-12)24-18(26)16-5-2-10-27-16/h1-11H,(H,23,25)(H,24,26). The summed E-state index contributed by atoms with van der Waals surface area (Å²) in [5, 5.41) is 5.15. The molecule has 6 nitrogen and oxygen atoms in total. The lowest BCUT2D eigenvalue weighted by atomic mass is 10.1. The third-order valence-electron chi connectivity index (χ3n) is 3.47. The van der Waals surface area contributed by atoms with E-state index < -0.39 is 23.9 Å². The molecular weight excluding hydrogens is 377 g/mol. The maximum absolute atomic E-state index is 12.3. The molecule has 144 valence electrons. The number of anilines is 2. The fourth-order valence-corrected chi connectivity index (χ4v) is 2.28. The molecule has 0 unspecified atom stereocenters. The Morgan fingerprint density at radius 1 is 0.857 bits per heavy atom. The quantitative estimate of drug-likeness (QED) is 0.663. The van der Waals surface area contributed by atoms with E-state index in [9.17, 15) is 22.8 Å². The first-order valence-electron chi connectivity index (χ1n) is 7.92. The minimum atomic E-state index is -4.79. The van der Waals surface area contributed by atoms with Crippen LogP contribution in [0.25, 0.3) is 0 Å². The van der Waals surface area contributed by atoms with E-state index in [1.165, 1.54) is 36.6 Å². The topological polar surface area (TPSA) is 80.6 Å². The zero-order valence-corrected chi connectivity index (χ0v) is 14.1. The Labute approximate surface area is 156 Å². The van der Waals surface area contributed by atoms with E-state index in [-0.39, 0.29) is 17.0 Å². The molecule has 0 fully saturated rings. The predicted molar refractivity (Wildman–Crippen MR) is 94.2 cm³/mol. The first kappa shape index (κ1) is 19.0. The smallest absolute Gasteiger partial charge is 0.459 e. The Bertz CT molecular complexity index is 968. The molecule has 1 aromatic heterocycles. The molecule has 3 rings (SSSR count). The summed E-state index contributed by atoms with van der Waals surface area (Å²) in [5.41, 5.74) is 0.903. The van der Waals surface area contributed by atoms with E-state index in [0.717, 1.165) is 12.1 Å². The number of benzene rings is 2. The largest absolute Gasteiger partial charge is 0.573 e. The van der Waals surface area contributed by atoms with Gasteiger partial charge in [0, 0.05) is 16.9 Å². The van der Waals surface area contributed by atoms with Crippen LogP contribution in [0.4, 0.5) is 24.5 Å². The van der Waals surface area contributed by atoms with E-state index in [4.69, 9.17) is 4.42 Å². The fraction of sp³-hybridized carbons (Fsp3) is 0.0526. The second-order valence-corrected chi connectivity index (χ2v) is 5.54. The van der Waals surface area contributed by atoms with Gasteiger partial charge in [-0.3, -0.25) is 9.59 Å². The maximum atomic E-state index is 12.3. The van der Waals surface area contributed by atoms with Crippen LogP contribution in [0.15, 0.2) is 71.3 Å². The van der Waals surface area contributed by atoms with Crippen LogP contribution in [-0.2, 0) is 0 Å². The molecule has 1 heterocycles. The van der Waals surface area contributed by atoms with Crippen molar-refractivity contribution < 1.29 is 31.9 Å². The van der Waals surface area contributed by atoms with Gasteiger partial charge >= 0.3 is 6.36 Å². The summed E-state index contributed by atoms with van der Waals surface area (Å²) in [6.45, 7) is 0. The van der Waals surface area contributed by atoms with Crippen LogP contribution >= 0.6 is 0 Å². The number of rotatable bonds is 5. The van der Waals surface area contributed by atoms with E-state index in [0.29, 0.717) is 5.69 Å². The van der Waals surface area contributed by atoms with Crippen molar-refractivity contribution in [2.45, 2.75) is 6.36 Å². The molecule has 0 saturated heterocycles. The third kappa shape index (κ3) is 5.13. The summed E-state index contributed by atoms with van der Waals surface area (Å²) >= 11 is 0. The van der Waals surface area contributed by atoms with E-state index in [1.54, 1.807) is 18.2 Å². The van der Waals surface area contributed by atoms with Gasteiger partial charge in [0.25, 0.3) is 11.8 Å². The lowest BCUT2D eigenvalue weighted by Crippen LogP contribution is -2.17. The van der Waals surface area contributed by atoms with Gasteiger partial charge in [-0.2, -0.15) is 0 Å². The number of alkyl halides is 3. The Balaban J connectivity index is 1.65. The number of hydrogen-bond acceptors (Lipinski definition) is 4. The van der Waals surface area contributed by atoms with Gasteiger partial charge in [0.15, 0.2) is 5.76 Å². The van der Waals surface area contributed by atoms with E-state index >= 15 is 0 Å². The summed E-state index contributed by atoms with van der Waals surface area (Å²) < 4.78 is 45.3. The van der Waals surface area contributed by atoms with Crippen molar-refractivity contribution in [2.24, 2.45) is 0 Å². The number of carbonyl (C=O) groups is 2. The van der Waals surface area contributed by atoms with Crippen LogP contribution < -0.4 is 15.4 Å². The number of hydrogen-bond donors (Lipinski definition) is 2. The molecular formula is C19H13F3N2O4. The van der Waals surface area contributed by atoms with Crippen LogP contribution in [0.5, 0.6) is 5.75 Å². The average molecular weight is 390 g/mol. The minimum Gasteiger partial charge on any atom is -0.459 e. The first-order valence-corrected chi connectivity index (χ1v) is 7.92. The molecule has 0 atom stereocenters. The van der Waals surface area contributed by atoms with Gasteiger partial charge in [0.1, 0.15) is 5.75 Å². The molecule has 2 amide bonds. The van der Waals surface area contributed by atoms with Crippen molar-refractivity contribution in [1.29, 1.82) is 0 Å². The highest BCUT2D eigenvalue weighted by atomic mass is 19.4. The highest BCUT2D eigenvalue weighted by molar-refractivity contribution is 6.06. The van der Waals surface area contributed by atoms with Crippen molar-refractivity contribution in [3.8, 4) is 5.75 Å². The summed E-state index contributed by atoms with van der Waals surface area (Å²) in [5.74, 6) is -1.24. The highest BCUT2D eigenvalue weighted by Gasteiger charge is 2.30. The Hall–Kier alpha value is -3.75. The number of halogens is 3. The number of furan rings is 1. The number of nitrogens with one attached hydrogen (secondary N) is 2.